The highest BCUT2D eigenvalue weighted by molar-refractivity contribution is 6.22. The van der Waals surface area contributed by atoms with Crippen LogP contribution in [-0.2, 0) is 0 Å². The summed E-state index contributed by atoms with van der Waals surface area (Å²) < 4.78 is 85.5. The predicted molar refractivity (Wildman–Crippen MR) is 220 cm³/mol. The molecule has 52 heavy (non-hydrogen) atoms. The Hall–Kier alpha value is -6.90. The molecule has 0 fully saturated rings. The standard InChI is InChI=1S/C50H33NO/c1-3-12-34(13-4-1)37-22-24-39(25-23-37)45-33-46-49-47(20-11-21-48(49)52-50(46)44-19-10-9-18-43(44)45)51(42-31-28-36-16-7-8-17-40(36)32-42)41-29-26-38(27-30-41)35-14-5-2-6-15-35/h1-33H/i1D,3D,4D,12D,13D,22D,23D,24D,25D. The van der Waals surface area contributed by atoms with Crippen LogP contribution in [0.5, 0.6) is 0 Å². The molecule has 0 saturated carbocycles. The van der Waals surface area contributed by atoms with Gasteiger partial charge in [0.1, 0.15) is 11.2 Å². The van der Waals surface area contributed by atoms with Crippen LogP contribution in [0.3, 0.4) is 0 Å². The van der Waals surface area contributed by atoms with E-state index in [1.807, 2.05) is 78.9 Å². The van der Waals surface area contributed by atoms with Crippen molar-refractivity contribution in [1.29, 1.82) is 0 Å². The first-order valence-electron chi connectivity index (χ1n) is 21.5. The lowest BCUT2D eigenvalue weighted by molar-refractivity contribution is 0.672. The summed E-state index contributed by atoms with van der Waals surface area (Å²) >= 11 is 0. The van der Waals surface area contributed by atoms with Gasteiger partial charge in [0, 0.05) is 22.1 Å². The maximum absolute atomic E-state index is 9.37. The fourth-order valence-corrected chi connectivity index (χ4v) is 7.15. The topological polar surface area (TPSA) is 16.4 Å². The third kappa shape index (κ3) is 5.12. The molecule has 0 amide bonds. The van der Waals surface area contributed by atoms with E-state index in [0.29, 0.717) is 32.9 Å². The van der Waals surface area contributed by atoms with Gasteiger partial charge in [-0.3, -0.25) is 0 Å². The van der Waals surface area contributed by atoms with E-state index in [9.17, 15) is 5.48 Å². The number of nitrogens with zero attached hydrogens (tertiary/aromatic N) is 1. The largest absolute Gasteiger partial charge is 0.455 e. The molecule has 244 valence electrons. The van der Waals surface area contributed by atoms with Crippen molar-refractivity contribution >= 4 is 60.5 Å². The second-order valence-electron chi connectivity index (χ2n) is 12.6. The summed E-state index contributed by atoms with van der Waals surface area (Å²) in [6.07, 6.45) is 0. The first-order valence-corrected chi connectivity index (χ1v) is 17.0. The smallest absolute Gasteiger partial charge is 0.143 e. The van der Waals surface area contributed by atoms with Crippen LogP contribution in [0.2, 0.25) is 0 Å². The molecule has 0 aliphatic carbocycles. The quantitative estimate of drug-likeness (QED) is 0.175. The minimum Gasteiger partial charge on any atom is -0.455 e. The average molecular weight is 673 g/mol. The highest BCUT2D eigenvalue weighted by Gasteiger charge is 2.22. The van der Waals surface area contributed by atoms with Crippen LogP contribution in [0.15, 0.2) is 204 Å². The number of rotatable bonds is 6. The van der Waals surface area contributed by atoms with E-state index in [1.165, 1.54) is 0 Å². The molecule has 0 N–H and O–H groups in total. The van der Waals surface area contributed by atoms with E-state index < -0.39 is 54.4 Å². The van der Waals surface area contributed by atoms with Gasteiger partial charge in [-0.1, -0.05) is 158 Å². The zero-order valence-corrected chi connectivity index (χ0v) is 27.7. The van der Waals surface area contributed by atoms with Gasteiger partial charge in [-0.15, -0.1) is 0 Å². The Morgan fingerprint density at radius 2 is 1.08 bits per heavy atom. The monoisotopic (exact) mass is 672 g/mol. The van der Waals surface area contributed by atoms with E-state index in [0.717, 1.165) is 44.3 Å². The van der Waals surface area contributed by atoms with Gasteiger partial charge in [-0.25, -0.2) is 0 Å². The molecular weight excluding hydrogens is 631 g/mol. The van der Waals surface area contributed by atoms with Gasteiger partial charge < -0.3 is 9.32 Å². The Bertz CT molecular complexity index is 3360. The molecule has 10 rings (SSSR count). The van der Waals surface area contributed by atoms with E-state index in [1.54, 1.807) is 0 Å². The SMILES string of the molecule is [2H]c1c([2H])c([2H])c(-c2c([2H])c([2H])c(-c3cc4c(oc5cccc(N(c6ccc(-c7ccccc7)cc6)c6ccc7ccccc7c6)c54)c4ccccc34)c([2H])c2[2H])c([2H])c1[2H]. The molecule has 0 aliphatic heterocycles. The molecule has 0 spiro atoms. The Morgan fingerprint density at radius 3 is 1.88 bits per heavy atom. The Morgan fingerprint density at radius 1 is 0.423 bits per heavy atom. The van der Waals surface area contributed by atoms with Crippen molar-refractivity contribution in [1.82, 2.24) is 0 Å². The van der Waals surface area contributed by atoms with Gasteiger partial charge in [-0.2, -0.15) is 0 Å². The van der Waals surface area contributed by atoms with Gasteiger partial charge in [0.2, 0.25) is 0 Å². The van der Waals surface area contributed by atoms with E-state index in [2.05, 4.69) is 71.6 Å². The Kier molecular flexibility index (Phi) is 5.28. The van der Waals surface area contributed by atoms with Crippen LogP contribution in [0.4, 0.5) is 17.1 Å². The number of fused-ring (bicyclic) bond motifs is 6. The van der Waals surface area contributed by atoms with E-state index >= 15 is 0 Å². The second-order valence-corrected chi connectivity index (χ2v) is 12.6. The van der Waals surface area contributed by atoms with E-state index in [-0.39, 0.29) is 16.7 Å². The average Bonchev–Trinajstić information content (AvgIpc) is 3.68. The predicted octanol–water partition coefficient (Wildman–Crippen LogP) is 14.4. The molecular formula is C50H33NO. The molecule has 0 radical (unpaired) electrons. The Labute approximate surface area is 315 Å². The molecule has 9 aromatic carbocycles. The molecule has 2 nitrogen and oxygen atoms in total. The number of hydrogen-bond acceptors (Lipinski definition) is 2. The number of anilines is 3. The van der Waals surface area contributed by atoms with Crippen molar-refractivity contribution in [2.24, 2.45) is 0 Å². The molecule has 10 aromatic rings. The number of furan rings is 1. The van der Waals surface area contributed by atoms with Crippen LogP contribution in [0, 0.1) is 0 Å². The highest BCUT2D eigenvalue weighted by atomic mass is 16.3. The zero-order valence-electron chi connectivity index (χ0n) is 36.7. The van der Waals surface area contributed by atoms with Crippen molar-refractivity contribution < 1.29 is 16.8 Å². The van der Waals surface area contributed by atoms with Crippen LogP contribution in [0.1, 0.15) is 12.3 Å². The molecule has 0 aliphatic rings. The fraction of sp³-hybridized carbons (Fsp3) is 0. The van der Waals surface area contributed by atoms with Crippen molar-refractivity contribution in [2.75, 3.05) is 4.90 Å². The third-order valence-corrected chi connectivity index (χ3v) is 9.59. The number of hydrogen-bond donors (Lipinski definition) is 0. The van der Waals surface area contributed by atoms with Crippen LogP contribution >= 0.6 is 0 Å². The van der Waals surface area contributed by atoms with Crippen LogP contribution < -0.4 is 4.90 Å². The highest BCUT2D eigenvalue weighted by Crippen LogP contribution is 2.47. The van der Waals surface area contributed by atoms with Gasteiger partial charge >= 0.3 is 0 Å². The maximum Gasteiger partial charge on any atom is 0.143 e. The second kappa shape index (κ2) is 12.5. The summed E-state index contributed by atoms with van der Waals surface area (Å²) in [6, 6.07) is 43.5. The van der Waals surface area contributed by atoms with Gasteiger partial charge in [0.05, 0.1) is 23.4 Å². The minimum atomic E-state index is -0.624. The van der Waals surface area contributed by atoms with Crippen molar-refractivity contribution in [3.05, 3.63) is 200 Å². The van der Waals surface area contributed by atoms with Crippen molar-refractivity contribution in [2.45, 2.75) is 0 Å². The first kappa shape index (κ1) is 22.0. The first-order chi connectivity index (χ1) is 29.5. The fourth-order valence-electron chi connectivity index (χ4n) is 7.15. The zero-order chi connectivity index (χ0) is 42.3. The minimum absolute atomic E-state index is 0.0129. The molecule has 2 heteroatoms. The summed E-state index contributed by atoms with van der Waals surface area (Å²) in [4.78, 5) is 2.19. The summed E-state index contributed by atoms with van der Waals surface area (Å²) in [5.74, 6) is 0. The molecule has 1 aromatic heterocycles. The summed E-state index contributed by atoms with van der Waals surface area (Å²) in [7, 11) is 0. The lowest BCUT2D eigenvalue weighted by Gasteiger charge is -2.27. The van der Waals surface area contributed by atoms with Gasteiger partial charge in [0.25, 0.3) is 0 Å². The third-order valence-electron chi connectivity index (χ3n) is 9.59. The van der Waals surface area contributed by atoms with E-state index in [4.69, 9.17) is 11.3 Å². The van der Waals surface area contributed by atoms with Crippen LogP contribution in [-0.4, -0.2) is 0 Å². The molecule has 0 atom stereocenters. The lowest BCUT2D eigenvalue weighted by Crippen LogP contribution is -2.10. The van der Waals surface area contributed by atoms with Crippen molar-refractivity contribution in [3.8, 4) is 33.4 Å². The molecule has 0 saturated heterocycles. The number of benzene rings is 9. The molecule has 1 heterocycles. The summed E-state index contributed by atoms with van der Waals surface area (Å²) in [6.45, 7) is 0. The maximum atomic E-state index is 9.37. The van der Waals surface area contributed by atoms with Gasteiger partial charge in [-0.05, 0) is 92.0 Å². The van der Waals surface area contributed by atoms with Crippen molar-refractivity contribution in [3.63, 3.8) is 0 Å². The summed E-state index contributed by atoms with van der Waals surface area (Å²) in [5.41, 5.74) is 5.70. The van der Waals surface area contributed by atoms with Crippen LogP contribution in [0.25, 0.3) is 76.9 Å². The Balaban J connectivity index is 1.24. The lowest BCUT2D eigenvalue weighted by atomic mass is 9.93. The van der Waals surface area contributed by atoms with Gasteiger partial charge in [0.15, 0.2) is 0 Å². The molecule has 0 unspecified atom stereocenters. The normalized spacial score (nSPS) is 13.9. The molecule has 0 bridgehead atoms. The summed E-state index contributed by atoms with van der Waals surface area (Å²) in [5, 5.41) is 4.97.